The predicted molar refractivity (Wildman–Crippen MR) is 114 cm³/mol. The average Bonchev–Trinajstić information content (AvgIpc) is 2.70. The average molecular weight is 449 g/mol. The number of rotatable bonds is 7. The first-order chi connectivity index (χ1) is 13.8. The standard InChI is InChI=1S/C20H14Cl2N2O4S/c21-15-7-6-13(10-16(15)22)29-19-8-5-12(9-18(19)24(27)28)11-23-17-4-2-1-3-14(17)20(25)26/h1-10,23H,11H2,(H,25,26). The Balaban J connectivity index is 1.82. The summed E-state index contributed by atoms with van der Waals surface area (Å²) in [6.45, 7) is 0.239. The summed E-state index contributed by atoms with van der Waals surface area (Å²) >= 11 is 13.1. The van der Waals surface area contributed by atoms with Crippen molar-refractivity contribution in [3.05, 3.63) is 92.0 Å². The van der Waals surface area contributed by atoms with E-state index in [1.807, 2.05) is 0 Å². The van der Waals surface area contributed by atoms with Crippen LogP contribution in [0, 0.1) is 10.1 Å². The molecule has 9 heteroatoms. The second-order valence-corrected chi connectivity index (χ2v) is 7.87. The highest BCUT2D eigenvalue weighted by Gasteiger charge is 2.17. The van der Waals surface area contributed by atoms with Gasteiger partial charge in [-0.05, 0) is 42.0 Å². The molecular weight excluding hydrogens is 435 g/mol. The van der Waals surface area contributed by atoms with Gasteiger partial charge in [0.2, 0.25) is 0 Å². The van der Waals surface area contributed by atoms with Gasteiger partial charge in [0, 0.05) is 23.2 Å². The van der Waals surface area contributed by atoms with Crippen molar-refractivity contribution in [2.45, 2.75) is 16.3 Å². The molecule has 0 spiro atoms. The van der Waals surface area contributed by atoms with Gasteiger partial charge >= 0.3 is 5.97 Å². The van der Waals surface area contributed by atoms with Crippen LogP contribution >= 0.6 is 35.0 Å². The lowest BCUT2D eigenvalue weighted by atomic mass is 10.1. The lowest BCUT2D eigenvalue weighted by Crippen LogP contribution is -2.06. The van der Waals surface area contributed by atoms with E-state index in [2.05, 4.69) is 5.32 Å². The van der Waals surface area contributed by atoms with Crippen molar-refractivity contribution in [2.75, 3.05) is 5.32 Å². The number of hydrogen-bond acceptors (Lipinski definition) is 5. The maximum Gasteiger partial charge on any atom is 0.337 e. The third-order valence-corrected chi connectivity index (χ3v) is 5.77. The molecule has 0 aliphatic heterocycles. The van der Waals surface area contributed by atoms with Crippen LogP contribution in [0.4, 0.5) is 11.4 Å². The Morgan fingerprint density at radius 3 is 2.52 bits per heavy atom. The quantitative estimate of drug-likeness (QED) is 0.322. The fourth-order valence-electron chi connectivity index (χ4n) is 2.59. The smallest absolute Gasteiger partial charge is 0.337 e. The number of hydrogen-bond donors (Lipinski definition) is 2. The van der Waals surface area contributed by atoms with Crippen molar-refractivity contribution >= 4 is 52.3 Å². The normalized spacial score (nSPS) is 10.6. The van der Waals surface area contributed by atoms with Crippen LogP contribution in [0.2, 0.25) is 10.0 Å². The van der Waals surface area contributed by atoms with Crippen LogP contribution in [0.5, 0.6) is 0 Å². The van der Waals surface area contributed by atoms with E-state index >= 15 is 0 Å². The van der Waals surface area contributed by atoms with E-state index in [4.69, 9.17) is 23.2 Å². The van der Waals surface area contributed by atoms with Crippen LogP contribution < -0.4 is 5.32 Å². The number of nitrogens with one attached hydrogen (secondary N) is 1. The van der Waals surface area contributed by atoms with Crippen molar-refractivity contribution in [3.63, 3.8) is 0 Å². The molecule has 0 unspecified atom stereocenters. The highest BCUT2D eigenvalue weighted by atomic mass is 35.5. The molecule has 0 aromatic heterocycles. The van der Waals surface area contributed by atoms with Gasteiger partial charge in [0.15, 0.2) is 0 Å². The molecule has 0 aliphatic rings. The van der Waals surface area contributed by atoms with Gasteiger partial charge in [0.1, 0.15) is 0 Å². The Hall–Kier alpha value is -2.74. The summed E-state index contributed by atoms with van der Waals surface area (Å²) in [4.78, 5) is 23.6. The number of benzene rings is 3. The first kappa shape index (κ1) is 21.0. The molecule has 0 amide bonds. The van der Waals surface area contributed by atoms with Crippen molar-refractivity contribution in [1.82, 2.24) is 0 Å². The second-order valence-electron chi connectivity index (χ2n) is 5.94. The van der Waals surface area contributed by atoms with E-state index < -0.39 is 10.9 Å². The van der Waals surface area contributed by atoms with Crippen molar-refractivity contribution in [1.29, 1.82) is 0 Å². The molecule has 0 bridgehead atoms. The van der Waals surface area contributed by atoms with Gasteiger partial charge in [-0.15, -0.1) is 0 Å². The number of nitro benzene ring substituents is 1. The van der Waals surface area contributed by atoms with Gasteiger partial charge in [-0.3, -0.25) is 10.1 Å². The maximum absolute atomic E-state index is 11.5. The Kier molecular flexibility index (Phi) is 6.64. The molecule has 3 rings (SSSR count). The topological polar surface area (TPSA) is 92.5 Å². The Morgan fingerprint density at radius 1 is 1.07 bits per heavy atom. The Labute approximate surface area is 180 Å². The fourth-order valence-corrected chi connectivity index (χ4v) is 3.89. The number of aromatic carboxylic acids is 1. The Bertz CT molecular complexity index is 1090. The molecule has 29 heavy (non-hydrogen) atoms. The van der Waals surface area contributed by atoms with Crippen LogP contribution in [0.25, 0.3) is 0 Å². The molecule has 3 aromatic rings. The van der Waals surface area contributed by atoms with E-state index in [0.29, 0.717) is 26.2 Å². The van der Waals surface area contributed by atoms with E-state index in [9.17, 15) is 20.0 Å². The zero-order valence-corrected chi connectivity index (χ0v) is 17.1. The summed E-state index contributed by atoms with van der Waals surface area (Å²) in [5.74, 6) is -1.05. The lowest BCUT2D eigenvalue weighted by Gasteiger charge is -2.10. The monoisotopic (exact) mass is 448 g/mol. The van der Waals surface area contributed by atoms with Crippen LogP contribution in [0.1, 0.15) is 15.9 Å². The zero-order chi connectivity index (χ0) is 21.0. The maximum atomic E-state index is 11.5. The number of anilines is 1. The van der Waals surface area contributed by atoms with Crippen LogP contribution in [0.3, 0.4) is 0 Å². The molecule has 3 aromatic carbocycles. The molecule has 0 aliphatic carbocycles. The molecule has 148 valence electrons. The fraction of sp³-hybridized carbons (Fsp3) is 0.0500. The van der Waals surface area contributed by atoms with Gasteiger partial charge in [0.05, 0.1) is 25.4 Å². The minimum absolute atomic E-state index is 0.0492. The molecule has 0 atom stereocenters. The minimum Gasteiger partial charge on any atom is -0.478 e. The first-order valence-electron chi connectivity index (χ1n) is 8.31. The van der Waals surface area contributed by atoms with Gasteiger partial charge in [-0.25, -0.2) is 4.79 Å². The molecule has 0 fully saturated rings. The Morgan fingerprint density at radius 2 is 1.83 bits per heavy atom. The lowest BCUT2D eigenvalue weighted by molar-refractivity contribution is -0.387. The van der Waals surface area contributed by atoms with E-state index in [1.54, 1.807) is 48.5 Å². The number of carbonyl (C=O) groups is 1. The second kappa shape index (κ2) is 9.17. The highest BCUT2D eigenvalue weighted by Crippen LogP contribution is 2.37. The van der Waals surface area contributed by atoms with Crippen LogP contribution in [-0.2, 0) is 6.54 Å². The number of nitrogens with zero attached hydrogens (tertiary/aromatic N) is 1. The third-order valence-electron chi connectivity index (χ3n) is 3.98. The minimum atomic E-state index is -1.05. The third kappa shape index (κ3) is 5.20. The molecule has 0 heterocycles. The van der Waals surface area contributed by atoms with Crippen molar-refractivity contribution in [3.8, 4) is 0 Å². The summed E-state index contributed by atoms with van der Waals surface area (Å²) in [5, 5.41) is 24.6. The molecule has 6 nitrogen and oxygen atoms in total. The van der Waals surface area contributed by atoms with Gasteiger partial charge in [-0.2, -0.15) is 0 Å². The molecule has 0 radical (unpaired) electrons. The van der Waals surface area contributed by atoms with E-state index in [1.165, 1.54) is 23.9 Å². The summed E-state index contributed by atoms with van der Waals surface area (Å²) < 4.78 is 0. The number of carboxylic acids is 1. The van der Waals surface area contributed by atoms with Gasteiger partial charge in [0.25, 0.3) is 5.69 Å². The summed E-state index contributed by atoms with van der Waals surface area (Å²) in [5.41, 5.74) is 1.17. The van der Waals surface area contributed by atoms with Crippen molar-refractivity contribution < 1.29 is 14.8 Å². The number of nitro groups is 1. The van der Waals surface area contributed by atoms with Crippen LogP contribution in [-0.4, -0.2) is 16.0 Å². The summed E-state index contributed by atoms with van der Waals surface area (Å²) in [7, 11) is 0. The molecule has 0 saturated carbocycles. The SMILES string of the molecule is O=C(O)c1ccccc1NCc1ccc(Sc2ccc(Cl)c(Cl)c2)c([N+](=O)[O-])c1. The molecule has 2 N–H and O–H groups in total. The number of carboxylic acid groups (broad SMARTS) is 1. The molecule has 0 saturated heterocycles. The van der Waals surface area contributed by atoms with Gasteiger partial charge < -0.3 is 10.4 Å². The molecular formula is C20H14Cl2N2O4S. The largest absolute Gasteiger partial charge is 0.478 e. The van der Waals surface area contributed by atoms with E-state index in [-0.39, 0.29) is 17.8 Å². The number of para-hydroxylation sites is 1. The number of halogens is 2. The first-order valence-corrected chi connectivity index (χ1v) is 9.89. The summed E-state index contributed by atoms with van der Waals surface area (Å²) in [6, 6.07) is 16.4. The van der Waals surface area contributed by atoms with Crippen molar-refractivity contribution in [2.24, 2.45) is 0 Å². The van der Waals surface area contributed by atoms with Gasteiger partial charge in [-0.1, -0.05) is 53.2 Å². The van der Waals surface area contributed by atoms with E-state index in [0.717, 1.165) is 4.90 Å². The summed E-state index contributed by atoms with van der Waals surface area (Å²) in [6.07, 6.45) is 0. The predicted octanol–water partition coefficient (Wildman–Crippen LogP) is 6.36. The highest BCUT2D eigenvalue weighted by molar-refractivity contribution is 7.99. The zero-order valence-electron chi connectivity index (χ0n) is 14.8. The van der Waals surface area contributed by atoms with Crippen LogP contribution in [0.15, 0.2) is 70.5 Å².